The van der Waals surface area contributed by atoms with Gasteiger partial charge in [0.2, 0.25) is 5.91 Å². The first-order chi connectivity index (χ1) is 19.8. The molecule has 6 nitrogen and oxygen atoms in total. The lowest BCUT2D eigenvalue weighted by atomic mass is 9.83. The zero-order valence-corrected chi connectivity index (χ0v) is 24.9. The van der Waals surface area contributed by atoms with E-state index in [-0.39, 0.29) is 24.5 Å². The standard InChI is InChI=1S/C24H29NO2.C11H13N3/c1-16-5-7-17(8-6-16)15-25-23(27)14-13-22(26)20-12-11-19-10-9-18-3-2-4-21(20)24(18)19;1-8-12-10-7-5-4-6-9(10)11(13-8)14(2)3/h2-4,11-12,16-17H,5-10,13-15H2,1H3,(H,25,27);4-7H,1-3H3. The second-order valence-corrected chi connectivity index (χ2v) is 12.0. The Balaban J connectivity index is 0.000000202. The number of hydrogen-bond acceptors (Lipinski definition) is 5. The van der Waals surface area contributed by atoms with Crippen LogP contribution in [0.15, 0.2) is 54.6 Å². The Kier molecular flexibility index (Phi) is 8.96. The number of Topliss-reactive ketones (excluding diaryl/α,β-unsaturated/α-hetero) is 1. The Morgan fingerprint density at radius 2 is 1.56 bits per heavy atom. The van der Waals surface area contributed by atoms with Crippen LogP contribution in [-0.2, 0) is 17.6 Å². The molecule has 0 unspecified atom stereocenters. The van der Waals surface area contributed by atoms with Gasteiger partial charge in [0, 0.05) is 44.4 Å². The molecule has 2 aliphatic carbocycles. The number of hydrogen-bond donors (Lipinski definition) is 1. The van der Waals surface area contributed by atoms with E-state index in [1.807, 2.05) is 68.4 Å². The molecule has 1 amide bonds. The third-order valence-electron chi connectivity index (χ3n) is 8.60. The van der Waals surface area contributed by atoms with Gasteiger partial charge in [0.15, 0.2) is 5.78 Å². The predicted octanol–water partition coefficient (Wildman–Crippen LogP) is 6.85. The lowest BCUT2D eigenvalue weighted by molar-refractivity contribution is -0.121. The number of ketones is 1. The minimum absolute atomic E-state index is 0.00732. The second kappa shape index (κ2) is 12.8. The smallest absolute Gasteiger partial charge is 0.220 e. The highest BCUT2D eigenvalue weighted by molar-refractivity contribution is 6.10. The van der Waals surface area contributed by atoms with Crippen LogP contribution < -0.4 is 10.2 Å². The molecule has 0 atom stereocenters. The van der Waals surface area contributed by atoms with E-state index in [1.54, 1.807) is 0 Å². The van der Waals surface area contributed by atoms with Gasteiger partial charge >= 0.3 is 0 Å². The van der Waals surface area contributed by atoms with Crippen LogP contribution in [0.1, 0.15) is 72.8 Å². The number of aryl methyl sites for hydroxylation is 3. The molecule has 1 N–H and O–H groups in total. The molecule has 6 heteroatoms. The van der Waals surface area contributed by atoms with E-state index in [0.717, 1.165) is 58.8 Å². The number of amides is 1. The van der Waals surface area contributed by atoms with Crippen LogP contribution >= 0.6 is 0 Å². The van der Waals surface area contributed by atoms with Crippen molar-refractivity contribution in [2.24, 2.45) is 11.8 Å². The van der Waals surface area contributed by atoms with Gasteiger partial charge in [0.25, 0.3) is 0 Å². The van der Waals surface area contributed by atoms with Crippen LogP contribution in [0, 0.1) is 18.8 Å². The highest BCUT2D eigenvalue weighted by Gasteiger charge is 2.21. The summed E-state index contributed by atoms with van der Waals surface area (Å²) in [6.45, 7) is 4.99. The van der Waals surface area contributed by atoms with E-state index in [1.165, 1.54) is 42.2 Å². The Morgan fingerprint density at radius 3 is 2.32 bits per heavy atom. The molecule has 214 valence electrons. The number of anilines is 1. The SMILES string of the molecule is CC1CCC(CNC(=O)CCC(=O)c2ccc3c4c(cccc24)CC3)CC1.Cc1nc(N(C)C)c2ccccc2n1. The Hall–Kier alpha value is -3.80. The first-order valence-corrected chi connectivity index (χ1v) is 15.0. The molecule has 2 aliphatic rings. The number of nitrogens with zero attached hydrogens (tertiary/aromatic N) is 3. The van der Waals surface area contributed by atoms with E-state index in [2.05, 4.69) is 34.3 Å². The van der Waals surface area contributed by atoms with Crippen molar-refractivity contribution in [3.8, 4) is 0 Å². The minimum atomic E-state index is 0.00732. The molecule has 3 aromatic carbocycles. The number of carbonyl (C=O) groups excluding carboxylic acids is 2. The molecule has 0 bridgehead atoms. The molecule has 0 aliphatic heterocycles. The Bertz CT molecular complexity index is 1540. The van der Waals surface area contributed by atoms with E-state index in [4.69, 9.17) is 0 Å². The van der Waals surface area contributed by atoms with E-state index < -0.39 is 0 Å². The molecule has 1 fully saturated rings. The zero-order chi connectivity index (χ0) is 28.9. The predicted molar refractivity (Wildman–Crippen MR) is 168 cm³/mol. The van der Waals surface area contributed by atoms with Crippen molar-refractivity contribution in [2.45, 2.75) is 65.2 Å². The number of rotatable bonds is 7. The van der Waals surface area contributed by atoms with Crippen molar-refractivity contribution < 1.29 is 9.59 Å². The van der Waals surface area contributed by atoms with Gasteiger partial charge in [-0.3, -0.25) is 9.59 Å². The van der Waals surface area contributed by atoms with Crippen molar-refractivity contribution in [1.29, 1.82) is 0 Å². The van der Waals surface area contributed by atoms with E-state index in [0.29, 0.717) is 5.92 Å². The maximum atomic E-state index is 12.8. The van der Waals surface area contributed by atoms with Gasteiger partial charge in [0.05, 0.1) is 5.52 Å². The number of para-hydroxylation sites is 1. The number of aromatic nitrogens is 2. The summed E-state index contributed by atoms with van der Waals surface area (Å²) in [7, 11) is 3.99. The third-order valence-corrected chi connectivity index (χ3v) is 8.60. The van der Waals surface area contributed by atoms with Crippen molar-refractivity contribution >= 4 is 39.2 Å². The van der Waals surface area contributed by atoms with Gasteiger partial charge in [0.1, 0.15) is 11.6 Å². The minimum Gasteiger partial charge on any atom is -0.362 e. The Labute approximate surface area is 243 Å². The number of carbonyl (C=O) groups is 2. The Morgan fingerprint density at radius 1 is 0.854 bits per heavy atom. The molecule has 1 heterocycles. The topological polar surface area (TPSA) is 75.2 Å². The van der Waals surface area contributed by atoms with Gasteiger partial charge in [-0.25, -0.2) is 9.97 Å². The zero-order valence-electron chi connectivity index (χ0n) is 24.9. The fraction of sp³-hybridized carbons (Fsp3) is 0.429. The molecule has 1 aromatic heterocycles. The summed E-state index contributed by atoms with van der Waals surface area (Å²) >= 11 is 0. The average molecular weight is 551 g/mol. The van der Waals surface area contributed by atoms with Gasteiger partial charge in [-0.05, 0) is 78.5 Å². The van der Waals surface area contributed by atoms with E-state index >= 15 is 0 Å². The summed E-state index contributed by atoms with van der Waals surface area (Å²) in [5.41, 5.74) is 4.46. The van der Waals surface area contributed by atoms with Gasteiger partial charge in [-0.2, -0.15) is 0 Å². The van der Waals surface area contributed by atoms with Crippen molar-refractivity contribution in [3.63, 3.8) is 0 Å². The van der Waals surface area contributed by atoms with Crippen LogP contribution in [0.25, 0.3) is 21.7 Å². The summed E-state index contributed by atoms with van der Waals surface area (Å²) < 4.78 is 0. The summed E-state index contributed by atoms with van der Waals surface area (Å²) in [6.07, 6.45) is 7.65. The molecule has 41 heavy (non-hydrogen) atoms. The monoisotopic (exact) mass is 550 g/mol. The van der Waals surface area contributed by atoms with Gasteiger partial charge in [-0.15, -0.1) is 0 Å². The summed E-state index contributed by atoms with van der Waals surface area (Å²) in [6, 6.07) is 18.4. The highest BCUT2D eigenvalue weighted by atomic mass is 16.2. The third kappa shape index (κ3) is 6.75. The quantitative estimate of drug-likeness (QED) is 0.255. The highest BCUT2D eigenvalue weighted by Crippen LogP contribution is 2.33. The number of nitrogens with one attached hydrogen (secondary N) is 1. The molecule has 0 spiro atoms. The van der Waals surface area contributed by atoms with E-state index in [9.17, 15) is 9.59 Å². The van der Waals surface area contributed by atoms with Crippen LogP contribution in [0.2, 0.25) is 0 Å². The van der Waals surface area contributed by atoms with Crippen molar-refractivity contribution in [1.82, 2.24) is 15.3 Å². The molecule has 6 rings (SSSR count). The van der Waals surface area contributed by atoms with Gasteiger partial charge in [-0.1, -0.05) is 62.2 Å². The van der Waals surface area contributed by atoms with Gasteiger partial charge < -0.3 is 10.2 Å². The van der Waals surface area contributed by atoms with Crippen LogP contribution in [0.4, 0.5) is 5.82 Å². The van der Waals surface area contributed by atoms with Crippen LogP contribution in [0.3, 0.4) is 0 Å². The maximum absolute atomic E-state index is 12.8. The molecule has 1 saturated carbocycles. The molecular formula is C35H42N4O2. The summed E-state index contributed by atoms with van der Waals surface area (Å²) in [5, 5.41) is 6.47. The first kappa shape index (κ1) is 28.7. The summed E-state index contributed by atoms with van der Waals surface area (Å²) in [4.78, 5) is 35.8. The normalized spacial score (nSPS) is 17.7. The number of fused-ring (bicyclic) bond motifs is 1. The van der Waals surface area contributed by atoms with Crippen LogP contribution in [-0.4, -0.2) is 42.3 Å². The second-order valence-electron chi connectivity index (χ2n) is 12.0. The average Bonchev–Trinajstić information content (AvgIpc) is 3.40. The molecular weight excluding hydrogens is 508 g/mol. The lowest BCUT2D eigenvalue weighted by Gasteiger charge is -2.26. The summed E-state index contributed by atoms with van der Waals surface area (Å²) in [5.74, 6) is 3.31. The fourth-order valence-electron chi connectivity index (χ4n) is 6.25. The largest absolute Gasteiger partial charge is 0.362 e. The molecule has 0 radical (unpaired) electrons. The fourth-order valence-corrected chi connectivity index (χ4v) is 6.25. The van der Waals surface area contributed by atoms with Crippen LogP contribution in [0.5, 0.6) is 0 Å². The molecule has 4 aromatic rings. The lowest BCUT2D eigenvalue weighted by Crippen LogP contribution is -2.31. The van der Waals surface area contributed by atoms with Crippen molar-refractivity contribution in [2.75, 3.05) is 25.5 Å². The molecule has 0 saturated heterocycles. The maximum Gasteiger partial charge on any atom is 0.220 e. The number of benzene rings is 3. The first-order valence-electron chi connectivity index (χ1n) is 15.0. The van der Waals surface area contributed by atoms with Crippen molar-refractivity contribution in [3.05, 3.63) is 77.1 Å².